The van der Waals surface area contributed by atoms with E-state index in [1.165, 1.54) is 6.07 Å². The van der Waals surface area contributed by atoms with Crippen molar-refractivity contribution in [2.45, 2.75) is 0 Å². The molecule has 1 heterocycles. The normalized spacial score (nSPS) is 16.6. The van der Waals surface area contributed by atoms with E-state index in [1.807, 2.05) is 48.5 Å². The number of nitrogens with zero attached hydrogens (tertiary/aromatic N) is 1. The first kappa shape index (κ1) is 15.0. The van der Waals surface area contributed by atoms with Gasteiger partial charge in [0.1, 0.15) is 11.2 Å². The third-order valence-corrected chi connectivity index (χ3v) is 7.97. The second kappa shape index (κ2) is 11.8. The Morgan fingerprint density at radius 3 is 1.71 bits per heavy atom. The molecule has 0 saturated heterocycles. The van der Waals surface area contributed by atoms with Gasteiger partial charge >= 0.3 is 0 Å². The van der Waals surface area contributed by atoms with Crippen LogP contribution in [0.15, 0.2) is 192 Å². The van der Waals surface area contributed by atoms with Gasteiger partial charge in [-0.3, -0.25) is 0 Å². The minimum atomic E-state index is -0.849. The summed E-state index contributed by atoms with van der Waals surface area (Å²) < 4.78 is 164. The van der Waals surface area contributed by atoms with Gasteiger partial charge in [-0.15, -0.1) is 0 Å². The Hall–Kier alpha value is -6.38. The van der Waals surface area contributed by atoms with Crippen LogP contribution in [0.4, 0.5) is 17.1 Å². The lowest BCUT2D eigenvalue weighted by molar-refractivity contribution is 0.673. The highest BCUT2D eigenvalue weighted by Crippen LogP contribution is 2.42. The Balaban J connectivity index is 1.36. The summed E-state index contributed by atoms with van der Waals surface area (Å²) in [4.78, 5) is 1.00. The maximum Gasteiger partial charge on any atom is 0.143 e. The molecule has 8 aromatic carbocycles. The van der Waals surface area contributed by atoms with Crippen LogP contribution in [-0.4, -0.2) is 0 Å². The second-order valence-electron chi connectivity index (χ2n) is 10.8. The Bertz CT molecular complexity index is 3350. The SMILES string of the molecule is [2H]c1c([2H])c([2H])c(-c2c([2H])c([2H])c(N(c3cccc(-c4cccc5oc6c7ccccc7ccc6c45)c3)c3c([2H])c([2H])c(-c4c([2H])c([2H])c([2H])c([2H])c4[2H])c([2H])c3[2H])c([2H])c2[2H])c([2H])c1[2H]. The van der Waals surface area contributed by atoms with Crippen molar-refractivity contribution < 1.29 is 29.1 Å². The molecule has 2 nitrogen and oxygen atoms in total. The van der Waals surface area contributed by atoms with Crippen molar-refractivity contribution in [3.05, 3.63) is 188 Å². The molecule has 0 bridgehead atoms. The van der Waals surface area contributed by atoms with Gasteiger partial charge in [0.2, 0.25) is 0 Å². The fraction of sp³-hybridized carbons (Fsp3) is 0. The first-order chi connectivity index (χ1) is 31.3. The van der Waals surface area contributed by atoms with Gasteiger partial charge in [-0.25, -0.2) is 0 Å². The number of anilines is 3. The number of hydrogen-bond acceptors (Lipinski definition) is 2. The third kappa shape index (κ3) is 4.92. The van der Waals surface area contributed by atoms with E-state index in [-0.39, 0.29) is 5.69 Å². The minimum Gasteiger partial charge on any atom is -0.455 e. The summed E-state index contributed by atoms with van der Waals surface area (Å²) in [5.41, 5.74) is -1.30. The van der Waals surface area contributed by atoms with E-state index in [9.17, 15) is 11.0 Å². The monoisotopic (exact) mass is 631 g/mol. The fourth-order valence-electron chi connectivity index (χ4n) is 5.81. The van der Waals surface area contributed by atoms with Crippen LogP contribution in [0.5, 0.6) is 0 Å². The molecule has 0 spiro atoms. The first-order valence-corrected chi connectivity index (χ1v) is 14.9. The van der Waals surface area contributed by atoms with E-state index < -0.39 is 142 Å². The Labute approximate surface area is 305 Å². The molecule has 1 aromatic heterocycles. The molecule has 0 unspecified atom stereocenters. The van der Waals surface area contributed by atoms with E-state index in [0.29, 0.717) is 22.3 Å². The standard InChI is InChI=1S/C46H31NO/c1-3-11-32(12-4-1)34-21-26-38(27-22-34)47(39-28-23-35(24-29-39)33-13-5-2-6-14-33)40-17-9-16-37(31-40)41-19-10-20-44-45(41)43-30-25-36-15-7-8-18-42(36)46(43)48-44/h1-31H/i1D,2D,3D,4D,5D,6D,11D,12D,13D,14D,21D,22D,23D,24D,26D,27D,28D,29D. The smallest absolute Gasteiger partial charge is 0.143 e. The molecule has 2 heteroatoms. The molecule has 0 aliphatic heterocycles. The zero-order valence-electron chi connectivity index (χ0n) is 42.9. The van der Waals surface area contributed by atoms with Crippen LogP contribution < -0.4 is 4.90 Å². The average molecular weight is 632 g/mol. The first-order valence-electron chi connectivity index (χ1n) is 23.9. The summed E-state index contributed by atoms with van der Waals surface area (Å²) in [6, 6.07) is 9.01. The molecular weight excluding hydrogens is 583 g/mol. The second-order valence-corrected chi connectivity index (χ2v) is 10.8. The van der Waals surface area contributed by atoms with Gasteiger partial charge in [0, 0.05) is 33.2 Å². The van der Waals surface area contributed by atoms with Crippen molar-refractivity contribution in [3.8, 4) is 33.4 Å². The molecule has 48 heavy (non-hydrogen) atoms. The van der Waals surface area contributed by atoms with Gasteiger partial charge in [0.15, 0.2) is 0 Å². The summed E-state index contributed by atoms with van der Waals surface area (Å²) in [6.45, 7) is 0. The van der Waals surface area contributed by atoms with E-state index >= 15 is 0 Å². The van der Waals surface area contributed by atoms with Gasteiger partial charge < -0.3 is 9.32 Å². The van der Waals surface area contributed by atoms with Crippen molar-refractivity contribution in [3.63, 3.8) is 0 Å². The molecule has 0 N–H and O–H groups in total. The summed E-state index contributed by atoms with van der Waals surface area (Å²) in [6.07, 6.45) is 0. The van der Waals surface area contributed by atoms with Gasteiger partial charge in [-0.05, 0) is 87.2 Å². The predicted molar refractivity (Wildman–Crippen MR) is 202 cm³/mol. The highest BCUT2D eigenvalue weighted by molar-refractivity contribution is 6.19. The van der Waals surface area contributed by atoms with E-state index in [4.69, 9.17) is 18.1 Å². The summed E-state index contributed by atoms with van der Waals surface area (Å²) in [5.74, 6) is 0. The fourth-order valence-corrected chi connectivity index (χ4v) is 5.81. The van der Waals surface area contributed by atoms with Gasteiger partial charge in [0.25, 0.3) is 0 Å². The molecular formula is C46H31NO. The maximum absolute atomic E-state index is 9.43. The quantitative estimate of drug-likeness (QED) is 0.182. The van der Waals surface area contributed by atoms with Crippen LogP contribution in [0.2, 0.25) is 0 Å². The molecule has 0 aliphatic carbocycles. The van der Waals surface area contributed by atoms with Crippen molar-refractivity contribution in [1.82, 2.24) is 0 Å². The van der Waals surface area contributed by atoms with Crippen LogP contribution in [0.3, 0.4) is 0 Å². The number of fused-ring (bicyclic) bond motifs is 5. The topological polar surface area (TPSA) is 16.4 Å². The summed E-state index contributed by atoms with van der Waals surface area (Å²) in [5, 5.41) is 3.34. The highest BCUT2D eigenvalue weighted by atomic mass is 16.3. The van der Waals surface area contributed by atoms with Crippen molar-refractivity contribution >= 4 is 49.8 Å². The Morgan fingerprint density at radius 1 is 0.438 bits per heavy atom. The number of furan rings is 1. The molecule has 0 saturated carbocycles. The van der Waals surface area contributed by atoms with Crippen LogP contribution in [0.1, 0.15) is 24.7 Å². The Morgan fingerprint density at radius 2 is 1.04 bits per heavy atom. The van der Waals surface area contributed by atoms with Crippen molar-refractivity contribution in [2.24, 2.45) is 0 Å². The number of benzene rings is 8. The largest absolute Gasteiger partial charge is 0.455 e. The van der Waals surface area contributed by atoms with Crippen LogP contribution in [0.25, 0.3) is 66.1 Å². The van der Waals surface area contributed by atoms with Gasteiger partial charge in [-0.2, -0.15) is 0 Å². The number of rotatable bonds is 6. The van der Waals surface area contributed by atoms with E-state index in [1.54, 1.807) is 24.3 Å². The van der Waals surface area contributed by atoms with Crippen molar-refractivity contribution in [2.75, 3.05) is 4.90 Å². The van der Waals surface area contributed by atoms with Crippen LogP contribution in [0, 0.1) is 0 Å². The predicted octanol–water partition coefficient (Wildman–Crippen LogP) is 13.2. The van der Waals surface area contributed by atoms with Crippen LogP contribution in [-0.2, 0) is 0 Å². The molecule has 0 amide bonds. The van der Waals surface area contributed by atoms with Crippen LogP contribution >= 0.6 is 0 Å². The zero-order chi connectivity index (χ0) is 47.5. The average Bonchev–Trinajstić information content (AvgIpc) is 3.71. The van der Waals surface area contributed by atoms with E-state index in [2.05, 4.69) is 0 Å². The third-order valence-electron chi connectivity index (χ3n) is 7.97. The molecule has 9 aromatic rings. The lowest BCUT2D eigenvalue weighted by atomic mass is 9.97. The lowest BCUT2D eigenvalue weighted by Gasteiger charge is -2.26. The molecule has 9 rings (SSSR count). The van der Waals surface area contributed by atoms with Gasteiger partial charge in [-0.1, -0.05) is 139 Å². The van der Waals surface area contributed by atoms with Gasteiger partial charge in [0.05, 0.1) is 24.7 Å². The zero-order valence-corrected chi connectivity index (χ0v) is 24.9. The van der Waals surface area contributed by atoms with Crippen molar-refractivity contribution in [1.29, 1.82) is 0 Å². The molecule has 226 valence electrons. The maximum atomic E-state index is 9.43. The molecule has 0 radical (unpaired) electrons. The molecule has 0 aliphatic rings. The Kier molecular flexibility index (Phi) is 3.68. The minimum absolute atomic E-state index is 0.00970. The summed E-state index contributed by atoms with van der Waals surface area (Å²) in [7, 11) is 0. The highest BCUT2D eigenvalue weighted by Gasteiger charge is 2.17. The molecule has 0 fully saturated rings. The number of hydrogen-bond donors (Lipinski definition) is 0. The molecule has 0 atom stereocenters. The lowest BCUT2D eigenvalue weighted by Crippen LogP contribution is -2.10. The van der Waals surface area contributed by atoms with E-state index in [0.717, 1.165) is 26.4 Å². The summed E-state index contributed by atoms with van der Waals surface area (Å²) >= 11 is 0.